The molecule has 0 saturated heterocycles. The van der Waals surface area contributed by atoms with E-state index in [-0.39, 0.29) is 5.91 Å². The lowest BCUT2D eigenvalue weighted by molar-refractivity contribution is -0.116. The van der Waals surface area contributed by atoms with Gasteiger partial charge in [0.2, 0.25) is 17.7 Å². The van der Waals surface area contributed by atoms with E-state index in [1.165, 1.54) is 0 Å². The van der Waals surface area contributed by atoms with Crippen LogP contribution in [-0.2, 0) is 11.2 Å². The van der Waals surface area contributed by atoms with Crippen LogP contribution < -0.4 is 10.2 Å². The van der Waals surface area contributed by atoms with E-state index in [9.17, 15) is 4.79 Å². The first-order valence-corrected chi connectivity index (χ1v) is 8.48. The number of benzene rings is 1. The number of rotatable bonds is 6. The Bertz CT molecular complexity index is 794. The van der Waals surface area contributed by atoms with E-state index in [1.807, 2.05) is 60.1 Å². The number of anilines is 2. The van der Waals surface area contributed by atoms with E-state index in [0.717, 1.165) is 16.9 Å². The van der Waals surface area contributed by atoms with Gasteiger partial charge in [-0.2, -0.15) is 11.3 Å². The highest BCUT2D eigenvalue weighted by Crippen LogP contribution is 2.21. The molecule has 7 heteroatoms. The molecule has 0 fully saturated rings. The first-order valence-electron chi connectivity index (χ1n) is 7.54. The van der Waals surface area contributed by atoms with E-state index in [1.54, 1.807) is 11.3 Å². The summed E-state index contributed by atoms with van der Waals surface area (Å²) >= 11 is 1.57. The number of hydrogen-bond acceptors (Lipinski definition) is 6. The van der Waals surface area contributed by atoms with Crippen LogP contribution >= 0.6 is 11.3 Å². The molecule has 0 atom stereocenters. The van der Waals surface area contributed by atoms with Crippen LogP contribution in [0.25, 0.3) is 11.5 Å². The molecule has 3 rings (SSSR count). The summed E-state index contributed by atoms with van der Waals surface area (Å²) in [6.07, 6.45) is 0.708. The zero-order chi connectivity index (χ0) is 16.9. The molecule has 0 radical (unpaired) electrons. The largest absolute Gasteiger partial charge is 0.421 e. The molecule has 0 aliphatic heterocycles. The fourth-order valence-corrected chi connectivity index (χ4v) is 2.77. The highest BCUT2D eigenvalue weighted by atomic mass is 32.1. The molecule has 3 aromatic rings. The molecule has 0 saturated carbocycles. The molecule has 1 aromatic carbocycles. The lowest BCUT2D eigenvalue weighted by Gasteiger charge is -2.12. The molecule has 0 spiro atoms. The minimum absolute atomic E-state index is 0.0807. The van der Waals surface area contributed by atoms with Crippen LogP contribution in [0.4, 0.5) is 11.4 Å². The highest BCUT2D eigenvalue weighted by molar-refractivity contribution is 7.08. The molecule has 24 heavy (non-hydrogen) atoms. The van der Waals surface area contributed by atoms with Gasteiger partial charge in [-0.15, -0.1) is 10.2 Å². The van der Waals surface area contributed by atoms with Gasteiger partial charge in [-0.05, 0) is 35.7 Å². The molecule has 6 nitrogen and oxygen atoms in total. The number of thiophene rings is 1. The van der Waals surface area contributed by atoms with Gasteiger partial charge in [-0.1, -0.05) is 0 Å². The minimum Gasteiger partial charge on any atom is -0.421 e. The number of carbonyl (C=O) groups is 1. The summed E-state index contributed by atoms with van der Waals surface area (Å²) in [5, 5.41) is 14.8. The predicted octanol–water partition coefficient (Wildman–Crippen LogP) is 3.44. The van der Waals surface area contributed by atoms with Gasteiger partial charge in [0, 0.05) is 49.3 Å². The van der Waals surface area contributed by atoms with Gasteiger partial charge in [0.25, 0.3) is 0 Å². The Morgan fingerprint density at radius 3 is 2.67 bits per heavy atom. The van der Waals surface area contributed by atoms with Gasteiger partial charge in [-0.3, -0.25) is 4.79 Å². The normalized spacial score (nSPS) is 10.6. The number of hydrogen-bond donors (Lipinski definition) is 1. The monoisotopic (exact) mass is 342 g/mol. The predicted molar refractivity (Wildman–Crippen MR) is 95.3 cm³/mol. The summed E-state index contributed by atoms with van der Waals surface area (Å²) in [6.45, 7) is 0. The maximum absolute atomic E-state index is 12.0. The maximum atomic E-state index is 12.0. The zero-order valence-corrected chi connectivity index (χ0v) is 14.3. The van der Waals surface area contributed by atoms with Gasteiger partial charge in [0.15, 0.2) is 0 Å². The van der Waals surface area contributed by atoms with Crippen molar-refractivity contribution in [1.29, 1.82) is 0 Å². The van der Waals surface area contributed by atoms with Gasteiger partial charge in [0.05, 0.1) is 0 Å². The Labute approximate surface area is 144 Å². The van der Waals surface area contributed by atoms with E-state index in [4.69, 9.17) is 4.42 Å². The third kappa shape index (κ3) is 3.99. The van der Waals surface area contributed by atoms with Crippen molar-refractivity contribution >= 4 is 28.6 Å². The third-order valence-corrected chi connectivity index (χ3v) is 4.15. The SMILES string of the molecule is CN(C)c1ccc(NC(=O)CCc2nnc(-c3ccsc3)o2)cc1. The summed E-state index contributed by atoms with van der Waals surface area (Å²) in [5.41, 5.74) is 2.76. The van der Waals surface area contributed by atoms with E-state index < -0.39 is 0 Å². The fourth-order valence-electron chi connectivity index (χ4n) is 2.14. The van der Waals surface area contributed by atoms with Gasteiger partial charge in [-0.25, -0.2) is 0 Å². The quantitative estimate of drug-likeness (QED) is 0.743. The van der Waals surface area contributed by atoms with Crippen molar-refractivity contribution in [2.75, 3.05) is 24.3 Å². The van der Waals surface area contributed by atoms with Crippen LogP contribution in [-0.4, -0.2) is 30.2 Å². The average molecular weight is 342 g/mol. The zero-order valence-electron chi connectivity index (χ0n) is 13.5. The second-order valence-corrected chi connectivity index (χ2v) is 6.28. The number of nitrogens with one attached hydrogen (secondary N) is 1. The fraction of sp³-hybridized carbons (Fsp3) is 0.235. The first kappa shape index (κ1) is 16.2. The van der Waals surface area contributed by atoms with Crippen LogP contribution in [0.1, 0.15) is 12.3 Å². The Balaban J connectivity index is 1.52. The Kier molecular flexibility index (Phi) is 4.90. The van der Waals surface area contributed by atoms with Crippen molar-refractivity contribution < 1.29 is 9.21 Å². The van der Waals surface area contributed by atoms with Crippen LogP contribution in [0.5, 0.6) is 0 Å². The van der Waals surface area contributed by atoms with Crippen molar-refractivity contribution in [3.8, 4) is 11.5 Å². The number of carbonyl (C=O) groups excluding carboxylic acids is 1. The van der Waals surface area contributed by atoms with Crippen molar-refractivity contribution in [2.45, 2.75) is 12.8 Å². The number of aryl methyl sites for hydroxylation is 1. The summed E-state index contributed by atoms with van der Waals surface area (Å²) in [7, 11) is 3.95. The highest BCUT2D eigenvalue weighted by Gasteiger charge is 2.11. The molecule has 2 aromatic heterocycles. The van der Waals surface area contributed by atoms with Crippen LogP contribution in [0.15, 0.2) is 45.5 Å². The number of aromatic nitrogens is 2. The molecular weight excluding hydrogens is 324 g/mol. The lowest BCUT2D eigenvalue weighted by atomic mass is 10.2. The Morgan fingerprint density at radius 2 is 2.00 bits per heavy atom. The maximum Gasteiger partial charge on any atom is 0.248 e. The summed E-state index contributed by atoms with van der Waals surface area (Å²) in [5.74, 6) is 0.878. The number of nitrogens with zero attached hydrogens (tertiary/aromatic N) is 3. The van der Waals surface area contributed by atoms with E-state index >= 15 is 0 Å². The summed E-state index contributed by atoms with van der Waals surface area (Å²) in [6, 6.07) is 9.61. The second kappa shape index (κ2) is 7.27. The standard InChI is InChI=1S/C17H18N4O2S/c1-21(2)14-5-3-13(4-6-14)18-15(22)7-8-16-19-20-17(23-16)12-9-10-24-11-12/h3-6,9-11H,7-8H2,1-2H3,(H,18,22). The Morgan fingerprint density at radius 1 is 1.21 bits per heavy atom. The van der Waals surface area contributed by atoms with Crippen molar-refractivity contribution in [3.05, 3.63) is 47.0 Å². The third-order valence-electron chi connectivity index (χ3n) is 3.47. The number of amides is 1. The topological polar surface area (TPSA) is 71.3 Å². The summed E-state index contributed by atoms with van der Waals surface area (Å²) < 4.78 is 5.57. The van der Waals surface area contributed by atoms with Crippen molar-refractivity contribution in [2.24, 2.45) is 0 Å². The van der Waals surface area contributed by atoms with Crippen molar-refractivity contribution in [1.82, 2.24) is 10.2 Å². The molecule has 0 bridgehead atoms. The molecule has 2 heterocycles. The van der Waals surface area contributed by atoms with Crippen LogP contribution in [0, 0.1) is 0 Å². The Hall–Kier alpha value is -2.67. The van der Waals surface area contributed by atoms with E-state index in [0.29, 0.717) is 24.6 Å². The molecule has 0 aliphatic carbocycles. The average Bonchev–Trinajstić information content (AvgIpc) is 3.25. The van der Waals surface area contributed by atoms with Crippen LogP contribution in [0.3, 0.4) is 0 Å². The molecule has 1 amide bonds. The smallest absolute Gasteiger partial charge is 0.248 e. The summed E-state index contributed by atoms with van der Waals surface area (Å²) in [4.78, 5) is 14.0. The second-order valence-electron chi connectivity index (χ2n) is 5.50. The van der Waals surface area contributed by atoms with Crippen LogP contribution in [0.2, 0.25) is 0 Å². The molecule has 0 unspecified atom stereocenters. The van der Waals surface area contributed by atoms with Gasteiger partial charge in [0.1, 0.15) is 0 Å². The molecule has 0 aliphatic rings. The molecular formula is C17H18N4O2S. The first-order chi connectivity index (χ1) is 11.6. The van der Waals surface area contributed by atoms with Gasteiger partial charge < -0.3 is 14.6 Å². The lowest BCUT2D eigenvalue weighted by Crippen LogP contribution is -2.13. The van der Waals surface area contributed by atoms with E-state index in [2.05, 4.69) is 15.5 Å². The van der Waals surface area contributed by atoms with Gasteiger partial charge >= 0.3 is 0 Å². The molecule has 124 valence electrons. The minimum atomic E-state index is -0.0807. The molecule has 1 N–H and O–H groups in total. The van der Waals surface area contributed by atoms with Crippen molar-refractivity contribution in [3.63, 3.8) is 0 Å².